The van der Waals surface area contributed by atoms with Crippen LogP contribution in [0, 0.1) is 0 Å². The van der Waals surface area contributed by atoms with Crippen LogP contribution in [-0.4, -0.2) is 22.1 Å². The van der Waals surface area contributed by atoms with Crippen molar-refractivity contribution in [3.63, 3.8) is 0 Å². The summed E-state index contributed by atoms with van der Waals surface area (Å²) in [6.45, 7) is 1.34. The number of hydrogen-bond acceptors (Lipinski definition) is 4. The number of hydrogen-bond donors (Lipinski definition) is 2. The van der Waals surface area contributed by atoms with Gasteiger partial charge in [-0.1, -0.05) is 12.1 Å². The minimum absolute atomic E-state index is 0.0197. The highest BCUT2D eigenvalue weighted by Crippen LogP contribution is 2.32. The Labute approximate surface area is 136 Å². The van der Waals surface area contributed by atoms with E-state index >= 15 is 0 Å². The summed E-state index contributed by atoms with van der Waals surface area (Å²) in [6.07, 6.45) is -4.23. The molecule has 1 amide bonds. The third kappa shape index (κ3) is 4.69. The number of aliphatic hydroxyl groups is 1. The van der Waals surface area contributed by atoms with E-state index in [-0.39, 0.29) is 18.2 Å². The normalized spacial score (nSPS) is 12.5. The molecule has 1 heterocycles. The van der Waals surface area contributed by atoms with Gasteiger partial charge in [-0.15, -0.1) is 0 Å². The molecule has 0 saturated heterocycles. The zero-order valence-electron chi connectivity index (χ0n) is 12.7. The van der Waals surface area contributed by atoms with E-state index in [2.05, 4.69) is 10.3 Å². The quantitative estimate of drug-likeness (QED) is 0.878. The van der Waals surface area contributed by atoms with E-state index in [4.69, 9.17) is 9.84 Å². The molecule has 1 aromatic heterocycles. The number of pyridine rings is 1. The number of alkyl halides is 3. The van der Waals surface area contributed by atoms with Crippen molar-refractivity contribution in [3.05, 3.63) is 53.7 Å². The van der Waals surface area contributed by atoms with E-state index in [0.29, 0.717) is 5.56 Å². The number of ether oxygens (including phenoxy) is 1. The summed E-state index contributed by atoms with van der Waals surface area (Å²) >= 11 is 0. The second-order valence-corrected chi connectivity index (χ2v) is 4.99. The molecule has 1 atom stereocenters. The fourth-order valence-electron chi connectivity index (χ4n) is 1.83. The number of amides is 1. The lowest BCUT2D eigenvalue weighted by Crippen LogP contribution is -2.32. The summed E-state index contributed by atoms with van der Waals surface area (Å²) < 4.78 is 43.6. The van der Waals surface area contributed by atoms with Gasteiger partial charge in [-0.05, 0) is 31.2 Å². The van der Waals surface area contributed by atoms with Crippen molar-refractivity contribution in [2.75, 3.05) is 0 Å². The smallest absolute Gasteiger partial charge is 0.416 e. The van der Waals surface area contributed by atoms with Gasteiger partial charge >= 0.3 is 6.18 Å². The standard InChI is InChI=1S/C16H15F3N2O3/c1-10(22)14(23)21-9-11-4-3-7-20-15(11)24-13-6-2-5-12(8-13)16(17,18)19/h2-8,10,22H,9H2,1H3,(H,21,23)/t10-/m0/s1. The summed E-state index contributed by atoms with van der Waals surface area (Å²) in [6, 6.07) is 7.63. The maximum atomic E-state index is 12.7. The Morgan fingerprint density at radius 1 is 1.33 bits per heavy atom. The molecule has 0 unspecified atom stereocenters. The van der Waals surface area contributed by atoms with Crippen LogP contribution in [0.2, 0.25) is 0 Å². The molecule has 5 nitrogen and oxygen atoms in total. The second-order valence-electron chi connectivity index (χ2n) is 4.99. The number of nitrogens with zero attached hydrogens (tertiary/aromatic N) is 1. The monoisotopic (exact) mass is 340 g/mol. The zero-order chi connectivity index (χ0) is 17.7. The first-order valence-corrected chi connectivity index (χ1v) is 7.02. The molecule has 2 aromatic rings. The Morgan fingerprint density at radius 3 is 2.75 bits per heavy atom. The van der Waals surface area contributed by atoms with Crippen LogP contribution in [0.25, 0.3) is 0 Å². The predicted octanol–water partition coefficient (Wildman–Crippen LogP) is 2.89. The van der Waals surface area contributed by atoms with Crippen molar-refractivity contribution >= 4 is 5.91 Å². The molecule has 8 heteroatoms. The van der Waals surface area contributed by atoms with Gasteiger partial charge in [-0.2, -0.15) is 13.2 Å². The Morgan fingerprint density at radius 2 is 2.08 bits per heavy atom. The number of rotatable bonds is 5. The number of aromatic nitrogens is 1. The molecule has 0 bridgehead atoms. The lowest BCUT2D eigenvalue weighted by atomic mass is 10.2. The molecule has 1 aromatic carbocycles. The molecule has 2 rings (SSSR count). The van der Waals surface area contributed by atoms with Gasteiger partial charge in [0, 0.05) is 18.3 Å². The average molecular weight is 340 g/mol. The maximum absolute atomic E-state index is 12.7. The summed E-state index contributed by atoms with van der Waals surface area (Å²) in [5.41, 5.74) is -0.371. The fourth-order valence-corrected chi connectivity index (χ4v) is 1.83. The summed E-state index contributed by atoms with van der Waals surface area (Å²) in [5, 5.41) is 11.6. The molecule has 0 spiro atoms. The van der Waals surface area contributed by atoms with Crippen LogP contribution in [-0.2, 0) is 17.5 Å². The van der Waals surface area contributed by atoms with Gasteiger partial charge in [-0.25, -0.2) is 4.98 Å². The Balaban J connectivity index is 2.17. The van der Waals surface area contributed by atoms with Crippen LogP contribution in [0.5, 0.6) is 11.6 Å². The lowest BCUT2D eigenvalue weighted by Gasteiger charge is -2.13. The van der Waals surface area contributed by atoms with Crippen LogP contribution in [0.3, 0.4) is 0 Å². The van der Waals surface area contributed by atoms with Gasteiger partial charge in [0.1, 0.15) is 11.9 Å². The van der Waals surface area contributed by atoms with Crippen molar-refractivity contribution in [2.45, 2.75) is 25.7 Å². The first kappa shape index (κ1) is 17.7. The zero-order valence-corrected chi connectivity index (χ0v) is 12.7. The highest BCUT2D eigenvalue weighted by Gasteiger charge is 2.30. The van der Waals surface area contributed by atoms with Crippen LogP contribution >= 0.6 is 0 Å². The number of carbonyl (C=O) groups excluding carboxylic acids is 1. The molecule has 0 radical (unpaired) electrons. The molecule has 0 saturated carbocycles. The number of aliphatic hydroxyl groups excluding tert-OH is 1. The summed E-state index contributed by atoms with van der Waals surface area (Å²) in [5.74, 6) is -0.529. The van der Waals surface area contributed by atoms with Crippen molar-refractivity contribution in [1.29, 1.82) is 0 Å². The largest absolute Gasteiger partial charge is 0.439 e. The van der Waals surface area contributed by atoms with E-state index in [9.17, 15) is 18.0 Å². The van der Waals surface area contributed by atoms with Gasteiger partial charge in [0.2, 0.25) is 11.8 Å². The molecule has 128 valence electrons. The number of nitrogens with one attached hydrogen (secondary N) is 1. The lowest BCUT2D eigenvalue weighted by molar-refractivity contribution is -0.137. The van der Waals surface area contributed by atoms with Gasteiger partial charge < -0.3 is 15.2 Å². The second kappa shape index (κ2) is 7.31. The fraction of sp³-hybridized carbons (Fsp3) is 0.250. The average Bonchev–Trinajstić information content (AvgIpc) is 2.53. The van der Waals surface area contributed by atoms with Gasteiger partial charge in [0.15, 0.2) is 0 Å². The summed E-state index contributed by atoms with van der Waals surface area (Å²) in [7, 11) is 0. The van der Waals surface area contributed by atoms with Crippen LogP contribution in [0.1, 0.15) is 18.1 Å². The number of benzene rings is 1. The van der Waals surface area contributed by atoms with E-state index in [1.54, 1.807) is 12.1 Å². The van der Waals surface area contributed by atoms with Crippen molar-refractivity contribution in [3.8, 4) is 11.6 Å². The van der Waals surface area contributed by atoms with E-state index in [1.807, 2.05) is 0 Å². The van der Waals surface area contributed by atoms with Crippen molar-refractivity contribution in [2.24, 2.45) is 0 Å². The van der Waals surface area contributed by atoms with Gasteiger partial charge in [-0.3, -0.25) is 4.79 Å². The highest BCUT2D eigenvalue weighted by atomic mass is 19.4. The van der Waals surface area contributed by atoms with Crippen LogP contribution < -0.4 is 10.1 Å². The van der Waals surface area contributed by atoms with Crippen LogP contribution in [0.15, 0.2) is 42.6 Å². The minimum atomic E-state index is -4.47. The Kier molecular flexibility index (Phi) is 5.40. The van der Waals surface area contributed by atoms with E-state index in [0.717, 1.165) is 12.1 Å². The number of carbonyl (C=O) groups is 1. The molecule has 0 fully saturated rings. The SMILES string of the molecule is C[C@H](O)C(=O)NCc1cccnc1Oc1cccc(C(F)(F)F)c1. The molecular weight excluding hydrogens is 325 g/mol. The highest BCUT2D eigenvalue weighted by molar-refractivity contribution is 5.79. The molecule has 24 heavy (non-hydrogen) atoms. The third-order valence-corrected chi connectivity index (χ3v) is 3.06. The third-order valence-electron chi connectivity index (χ3n) is 3.06. The first-order valence-electron chi connectivity index (χ1n) is 7.02. The van der Waals surface area contributed by atoms with E-state index < -0.39 is 23.8 Å². The molecule has 2 N–H and O–H groups in total. The maximum Gasteiger partial charge on any atom is 0.416 e. The minimum Gasteiger partial charge on any atom is -0.439 e. The molecular formula is C16H15F3N2O3. The van der Waals surface area contributed by atoms with Gasteiger partial charge in [0.05, 0.1) is 5.56 Å². The number of halogens is 3. The summed E-state index contributed by atoms with van der Waals surface area (Å²) in [4.78, 5) is 15.4. The Bertz CT molecular complexity index is 718. The molecule has 0 aliphatic heterocycles. The van der Waals surface area contributed by atoms with Gasteiger partial charge in [0.25, 0.3) is 0 Å². The van der Waals surface area contributed by atoms with E-state index in [1.165, 1.54) is 25.3 Å². The topological polar surface area (TPSA) is 71.5 Å². The molecule has 0 aliphatic carbocycles. The first-order chi connectivity index (χ1) is 11.3. The Hall–Kier alpha value is -2.61. The molecule has 0 aliphatic rings. The van der Waals surface area contributed by atoms with Crippen molar-refractivity contribution in [1.82, 2.24) is 10.3 Å². The van der Waals surface area contributed by atoms with Crippen molar-refractivity contribution < 1.29 is 27.8 Å². The predicted molar refractivity (Wildman–Crippen MR) is 79.3 cm³/mol. The van der Waals surface area contributed by atoms with Crippen LogP contribution in [0.4, 0.5) is 13.2 Å².